The van der Waals surface area contributed by atoms with Crippen LogP contribution < -0.4 is 9.47 Å². The Morgan fingerprint density at radius 2 is 1.67 bits per heavy atom. The van der Waals surface area contributed by atoms with Crippen molar-refractivity contribution >= 4 is 5.97 Å². The molecule has 0 unspecified atom stereocenters. The first-order valence-electron chi connectivity index (χ1n) is 6.80. The first-order valence-corrected chi connectivity index (χ1v) is 6.80. The van der Waals surface area contributed by atoms with E-state index in [1.165, 1.54) is 7.11 Å². The predicted molar refractivity (Wildman–Crippen MR) is 79.7 cm³/mol. The largest absolute Gasteiger partial charge is 0.493 e. The van der Waals surface area contributed by atoms with Crippen LogP contribution in [0.4, 0.5) is 0 Å². The molecule has 0 radical (unpaired) electrons. The summed E-state index contributed by atoms with van der Waals surface area (Å²) < 4.78 is 15.9. The number of para-hydroxylation sites is 1. The molecule has 21 heavy (non-hydrogen) atoms. The molecular weight excluding hydrogens is 268 g/mol. The second kappa shape index (κ2) is 7.94. The molecule has 0 fully saturated rings. The summed E-state index contributed by atoms with van der Waals surface area (Å²) in [5.41, 5.74) is 0. The zero-order chi connectivity index (χ0) is 14.9. The van der Waals surface area contributed by atoms with E-state index in [9.17, 15) is 4.79 Å². The average Bonchev–Trinajstić information content (AvgIpc) is 2.52. The van der Waals surface area contributed by atoms with Gasteiger partial charge in [0, 0.05) is 12.5 Å². The number of ether oxygens (including phenoxy) is 3. The van der Waals surface area contributed by atoms with Crippen LogP contribution in [0.3, 0.4) is 0 Å². The minimum Gasteiger partial charge on any atom is -0.493 e. The summed E-state index contributed by atoms with van der Waals surface area (Å²) in [6.45, 7) is 0.462. The molecule has 0 N–H and O–H groups in total. The van der Waals surface area contributed by atoms with E-state index in [1.54, 1.807) is 0 Å². The summed E-state index contributed by atoms with van der Waals surface area (Å²) in [7, 11) is 1.38. The van der Waals surface area contributed by atoms with E-state index in [0.29, 0.717) is 30.9 Å². The van der Waals surface area contributed by atoms with Crippen LogP contribution in [0.5, 0.6) is 17.2 Å². The molecule has 4 heteroatoms. The van der Waals surface area contributed by atoms with E-state index in [1.807, 2.05) is 54.6 Å². The SMILES string of the molecule is COC(=O)CCCOc1cccc(Oc2ccccc2)c1. The van der Waals surface area contributed by atoms with Crippen molar-refractivity contribution in [2.75, 3.05) is 13.7 Å². The molecular formula is C17H18O4. The molecule has 0 heterocycles. The molecule has 2 rings (SSSR count). The minimum absolute atomic E-state index is 0.222. The molecule has 4 nitrogen and oxygen atoms in total. The van der Waals surface area contributed by atoms with Crippen LogP contribution in [0.25, 0.3) is 0 Å². The molecule has 110 valence electrons. The van der Waals surface area contributed by atoms with Crippen molar-refractivity contribution in [3.63, 3.8) is 0 Å². The van der Waals surface area contributed by atoms with E-state index in [2.05, 4.69) is 4.74 Å². The molecule has 0 saturated heterocycles. The smallest absolute Gasteiger partial charge is 0.305 e. The summed E-state index contributed by atoms with van der Waals surface area (Å²) in [5, 5.41) is 0. The van der Waals surface area contributed by atoms with Gasteiger partial charge >= 0.3 is 5.97 Å². The van der Waals surface area contributed by atoms with Crippen molar-refractivity contribution in [1.29, 1.82) is 0 Å². The molecule has 0 amide bonds. The number of methoxy groups -OCH3 is 1. The van der Waals surface area contributed by atoms with Crippen molar-refractivity contribution in [1.82, 2.24) is 0 Å². The fourth-order valence-electron chi connectivity index (χ4n) is 1.76. The number of rotatable bonds is 7. The van der Waals surface area contributed by atoms with Gasteiger partial charge in [-0.25, -0.2) is 0 Å². The van der Waals surface area contributed by atoms with Crippen molar-refractivity contribution in [3.8, 4) is 17.2 Å². The van der Waals surface area contributed by atoms with Gasteiger partial charge in [0.15, 0.2) is 0 Å². The van der Waals surface area contributed by atoms with Crippen LogP contribution >= 0.6 is 0 Å². The Balaban J connectivity index is 1.85. The lowest BCUT2D eigenvalue weighted by Gasteiger charge is -2.09. The van der Waals surface area contributed by atoms with Crippen LogP contribution in [-0.4, -0.2) is 19.7 Å². The summed E-state index contributed by atoms with van der Waals surface area (Å²) in [4.78, 5) is 11.0. The van der Waals surface area contributed by atoms with Crippen LogP contribution in [0.1, 0.15) is 12.8 Å². The maximum Gasteiger partial charge on any atom is 0.305 e. The second-order valence-electron chi connectivity index (χ2n) is 4.42. The molecule has 0 atom stereocenters. The number of carbonyl (C=O) groups is 1. The van der Waals surface area contributed by atoms with Crippen LogP contribution in [-0.2, 0) is 9.53 Å². The number of carbonyl (C=O) groups excluding carboxylic acids is 1. The van der Waals surface area contributed by atoms with Gasteiger partial charge in [-0.15, -0.1) is 0 Å². The van der Waals surface area contributed by atoms with E-state index >= 15 is 0 Å². The van der Waals surface area contributed by atoms with Crippen molar-refractivity contribution in [2.45, 2.75) is 12.8 Å². The van der Waals surface area contributed by atoms with Crippen LogP contribution in [0.2, 0.25) is 0 Å². The molecule has 0 aliphatic rings. The monoisotopic (exact) mass is 286 g/mol. The van der Waals surface area contributed by atoms with Crippen molar-refractivity contribution in [3.05, 3.63) is 54.6 Å². The second-order valence-corrected chi connectivity index (χ2v) is 4.42. The van der Waals surface area contributed by atoms with E-state index in [0.717, 1.165) is 5.75 Å². The molecule has 2 aromatic rings. The lowest BCUT2D eigenvalue weighted by molar-refractivity contribution is -0.140. The van der Waals surface area contributed by atoms with Gasteiger partial charge in [0.1, 0.15) is 17.2 Å². The van der Waals surface area contributed by atoms with Gasteiger partial charge in [0.05, 0.1) is 13.7 Å². The highest BCUT2D eigenvalue weighted by atomic mass is 16.5. The molecule has 0 aliphatic heterocycles. The van der Waals surface area contributed by atoms with Crippen LogP contribution in [0.15, 0.2) is 54.6 Å². The Morgan fingerprint density at radius 3 is 2.43 bits per heavy atom. The maximum absolute atomic E-state index is 11.0. The predicted octanol–water partition coefficient (Wildman–Crippen LogP) is 3.81. The van der Waals surface area contributed by atoms with E-state index in [4.69, 9.17) is 9.47 Å². The van der Waals surface area contributed by atoms with E-state index in [-0.39, 0.29) is 5.97 Å². The maximum atomic E-state index is 11.0. The van der Waals surface area contributed by atoms with Gasteiger partial charge in [0.25, 0.3) is 0 Å². The Hall–Kier alpha value is -2.49. The molecule has 0 bridgehead atoms. The molecule has 0 aliphatic carbocycles. The van der Waals surface area contributed by atoms with Crippen molar-refractivity contribution < 1.29 is 19.0 Å². The fraction of sp³-hybridized carbons (Fsp3) is 0.235. The Kier molecular flexibility index (Phi) is 5.64. The summed E-state index contributed by atoms with van der Waals surface area (Å²) in [6, 6.07) is 17.0. The molecule has 2 aromatic carbocycles. The number of hydrogen-bond donors (Lipinski definition) is 0. The highest BCUT2D eigenvalue weighted by molar-refractivity contribution is 5.69. The zero-order valence-electron chi connectivity index (χ0n) is 12.0. The highest BCUT2D eigenvalue weighted by Gasteiger charge is 2.02. The normalized spacial score (nSPS) is 9.95. The number of hydrogen-bond acceptors (Lipinski definition) is 4. The first kappa shape index (κ1) is 14.9. The van der Waals surface area contributed by atoms with Gasteiger partial charge in [-0.1, -0.05) is 24.3 Å². The lowest BCUT2D eigenvalue weighted by Crippen LogP contribution is -2.04. The van der Waals surface area contributed by atoms with Gasteiger partial charge in [-0.3, -0.25) is 4.79 Å². The first-order chi connectivity index (χ1) is 10.3. The third kappa shape index (κ3) is 5.18. The van der Waals surface area contributed by atoms with Gasteiger partial charge in [-0.05, 0) is 30.7 Å². The average molecular weight is 286 g/mol. The summed E-state index contributed by atoms with van der Waals surface area (Å²) in [6.07, 6.45) is 0.979. The zero-order valence-corrected chi connectivity index (χ0v) is 12.0. The fourth-order valence-corrected chi connectivity index (χ4v) is 1.76. The Bertz CT molecular complexity index is 566. The highest BCUT2D eigenvalue weighted by Crippen LogP contribution is 2.25. The Labute approximate surface area is 124 Å². The van der Waals surface area contributed by atoms with Gasteiger partial charge in [0.2, 0.25) is 0 Å². The quantitative estimate of drug-likeness (QED) is 0.573. The third-order valence-electron chi connectivity index (χ3n) is 2.81. The number of esters is 1. The minimum atomic E-state index is -0.222. The third-order valence-corrected chi connectivity index (χ3v) is 2.81. The van der Waals surface area contributed by atoms with E-state index < -0.39 is 0 Å². The summed E-state index contributed by atoms with van der Waals surface area (Å²) >= 11 is 0. The van der Waals surface area contributed by atoms with Crippen LogP contribution in [0, 0.1) is 0 Å². The lowest BCUT2D eigenvalue weighted by atomic mass is 10.3. The van der Waals surface area contributed by atoms with Gasteiger partial charge in [-0.2, -0.15) is 0 Å². The molecule has 0 aromatic heterocycles. The topological polar surface area (TPSA) is 44.8 Å². The standard InChI is InChI=1S/C17H18O4/c1-19-17(18)11-6-12-20-15-9-5-10-16(13-15)21-14-7-3-2-4-8-14/h2-5,7-10,13H,6,11-12H2,1H3. The number of benzene rings is 2. The molecule has 0 saturated carbocycles. The van der Waals surface area contributed by atoms with Crippen molar-refractivity contribution in [2.24, 2.45) is 0 Å². The molecule has 0 spiro atoms. The summed E-state index contributed by atoms with van der Waals surface area (Å²) in [5.74, 6) is 1.99. The van der Waals surface area contributed by atoms with Gasteiger partial charge < -0.3 is 14.2 Å². The Morgan fingerprint density at radius 1 is 0.952 bits per heavy atom.